The van der Waals surface area contributed by atoms with Gasteiger partial charge in [-0.15, -0.1) is 11.3 Å². The third-order valence-corrected chi connectivity index (χ3v) is 4.32. The molecule has 0 saturated carbocycles. The molecule has 4 heteroatoms. The zero-order valence-corrected chi connectivity index (χ0v) is 12.3. The fourth-order valence-corrected chi connectivity index (χ4v) is 2.82. The van der Waals surface area contributed by atoms with Crippen molar-refractivity contribution in [1.29, 1.82) is 0 Å². The van der Waals surface area contributed by atoms with Crippen molar-refractivity contribution in [3.8, 4) is 0 Å². The lowest BCUT2D eigenvalue weighted by Gasteiger charge is -2.16. The summed E-state index contributed by atoms with van der Waals surface area (Å²) in [6.45, 7) is 9.98. The Kier molecular flexibility index (Phi) is 3.23. The van der Waals surface area contributed by atoms with E-state index in [1.165, 1.54) is 10.4 Å². The van der Waals surface area contributed by atoms with Crippen molar-refractivity contribution < 1.29 is 4.79 Å². The Labute approximate surface area is 111 Å². The van der Waals surface area contributed by atoms with Crippen LogP contribution < -0.4 is 0 Å². The molecule has 2 heterocycles. The zero-order valence-electron chi connectivity index (χ0n) is 11.5. The van der Waals surface area contributed by atoms with Crippen LogP contribution in [0.2, 0.25) is 0 Å². The van der Waals surface area contributed by atoms with Crippen LogP contribution >= 0.6 is 11.3 Å². The van der Waals surface area contributed by atoms with Crippen molar-refractivity contribution in [3.05, 3.63) is 22.5 Å². The van der Waals surface area contributed by atoms with Crippen LogP contribution in [0.5, 0.6) is 0 Å². The van der Waals surface area contributed by atoms with Gasteiger partial charge in [-0.2, -0.15) is 0 Å². The second-order valence-corrected chi connectivity index (χ2v) is 6.84. The number of thiophene rings is 1. The molecule has 0 saturated heterocycles. The number of rotatable bonds is 2. The van der Waals surface area contributed by atoms with Gasteiger partial charge in [0, 0.05) is 15.7 Å². The Morgan fingerprint density at radius 2 is 1.94 bits per heavy atom. The van der Waals surface area contributed by atoms with E-state index in [1.807, 2.05) is 20.8 Å². The molecule has 2 aromatic rings. The van der Waals surface area contributed by atoms with Gasteiger partial charge < -0.3 is 0 Å². The molecule has 0 amide bonds. The second-order valence-electron chi connectivity index (χ2n) is 5.63. The molecule has 0 fully saturated rings. The molecule has 0 unspecified atom stereocenters. The van der Waals surface area contributed by atoms with E-state index in [-0.39, 0.29) is 11.2 Å². The van der Waals surface area contributed by atoms with Crippen LogP contribution in [0.1, 0.15) is 36.9 Å². The van der Waals surface area contributed by atoms with E-state index in [9.17, 15) is 4.79 Å². The number of Topliss-reactive ketones (excluding diaryl/α,β-unsaturated/α-hetero) is 1. The Morgan fingerprint density at radius 1 is 1.28 bits per heavy atom. The third kappa shape index (κ3) is 2.29. The lowest BCUT2D eigenvalue weighted by atomic mass is 9.87. The maximum absolute atomic E-state index is 12.1. The highest BCUT2D eigenvalue weighted by atomic mass is 32.1. The van der Waals surface area contributed by atoms with Gasteiger partial charge >= 0.3 is 0 Å². The van der Waals surface area contributed by atoms with E-state index >= 15 is 0 Å². The minimum Gasteiger partial charge on any atom is -0.299 e. The third-order valence-electron chi connectivity index (χ3n) is 3.21. The number of aromatic nitrogens is 2. The number of carbonyl (C=O) groups excluding carboxylic acids is 1. The molecule has 0 aliphatic rings. The number of hydrogen-bond donors (Lipinski definition) is 0. The van der Waals surface area contributed by atoms with Gasteiger partial charge in [0.15, 0.2) is 0 Å². The zero-order chi connectivity index (χ0) is 13.5. The van der Waals surface area contributed by atoms with Crippen molar-refractivity contribution in [1.82, 2.24) is 9.97 Å². The largest absolute Gasteiger partial charge is 0.299 e. The lowest BCUT2D eigenvalue weighted by Crippen LogP contribution is -2.22. The van der Waals surface area contributed by atoms with Crippen LogP contribution in [0.25, 0.3) is 10.2 Å². The second kappa shape index (κ2) is 4.43. The van der Waals surface area contributed by atoms with Gasteiger partial charge in [-0.05, 0) is 19.4 Å². The van der Waals surface area contributed by atoms with E-state index in [2.05, 4.69) is 23.8 Å². The van der Waals surface area contributed by atoms with E-state index in [1.54, 1.807) is 17.7 Å². The van der Waals surface area contributed by atoms with Crippen LogP contribution in [0, 0.1) is 19.3 Å². The monoisotopic (exact) mass is 262 g/mol. The average Bonchev–Trinajstić information content (AvgIpc) is 2.54. The minimum absolute atomic E-state index is 0.214. The summed E-state index contributed by atoms with van der Waals surface area (Å²) in [7, 11) is 0. The summed E-state index contributed by atoms with van der Waals surface area (Å²) in [5.74, 6) is 0.214. The van der Waals surface area contributed by atoms with Crippen molar-refractivity contribution in [3.63, 3.8) is 0 Å². The molecule has 18 heavy (non-hydrogen) atoms. The van der Waals surface area contributed by atoms with Crippen LogP contribution in [0.3, 0.4) is 0 Å². The van der Waals surface area contributed by atoms with E-state index in [4.69, 9.17) is 0 Å². The standard InChI is InChI=1S/C14H18N2OS/c1-8-9(2)18-13-12(8)10(15-7-16-13)6-11(17)14(3,4)5/h7H,6H2,1-5H3. The molecule has 0 radical (unpaired) electrons. The maximum Gasteiger partial charge on any atom is 0.144 e. The number of fused-ring (bicyclic) bond motifs is 1. The smallest absolute Gasteiger partial charge is 0.144 e. The molecular weight excluding hydrogens is 244 g/mol. The molecule has 0 atom stereocenters. The number of carbonyl (C=O) groups is 1. The van der Waals surface area contributed by atoms with Gasteiger partial charge in [0.1, 0.15) is 16.9 Å². The highest BCUT2D eigenvalue weighted by Gasteiger charge is 2.23. The fourth-order valence-electron chi connectivity index (χ4n) is 1.81. The summed E-state index contributed by atoms with van der Waals surface area (Å²) in [6.07, 6.45) is 1.95. The number of nitrogens with zero attached hydrogens (tertiary/aromatic N) is 2. The van der Waals surface area contributed by atoms with E-state index in [0.717, 1.165) is 15.9 Å². The molecule has 2 rings (SSSR count). The topological polar surface area (TPSA) is 42.9 Å². The molecule has 0 aliphatic carbocycles. The van der Waals surface area contributed by atoms with Crippen molar-refractivity contribution in [2.75, 3.05) is 0 Å². The maximum atomic E-state index is 12.1. The normalized spacial score (nSPS) is 12.1. The molecule has 0 bridgehead atoms. The summed E-state index contributed by atoms with van der Waals surface area (Å²) in [5, 5.41) is 1.07. The van der Waals surface area contributed by atoms with Crippen molar-refractivity contribution >= 4 is 27.3 Å². The number of aryl methyl sites for hydroxylation is 2. The Bertz CT molecular complexity index is 608. The summed E-state index contributed by atoms with van der Waals surface area (Å²) in [4.78, 5) is 23.0. The average molecular weight is 262 g/mol. The first-order valence-corrected chi connectivity index (χ1v) is 6.85. The highest BCUT2D eigenvalue weighted by Crippen LogP contribution is 2.31. The first-order chi connectivity index (χ1) is 8.30. The summed E-state index contributed by atoms with van der Waals surface area (Å²) < 4.78 is 0. The van der Waals surface area contributed by atoms with Crippen molar-refractivity contribution in [2.24, 2.45) is 5.41 Å². The first kappa shape index (κ1) is 13.1. The Hall–Kier alpha value is -1.29. The number of hydrogen-bond acceptors (Lipinski definition) is 4. The predicted molar refractivity (Wildman–Crippen MR) is 75.1 cm³/mol. The lowest BCUT2D eigenvalue weighted by molar-refractivity contribution is -0.125. The molecule has 0 aliphatic heterocycles. The minimum atomic E-state index is -0.323. The molecular formula is C14H18N2OS. The van der Waals surface area contributed by atoms with Gasteiger partial charge in [-0.1, -0.05) is 20.8 Å². The fraction of sp³-hybridized carbons (Fsp3) is 0.500. The van der Waals surface area contributed by atoms with Gasteiger partial charge in [-0.3, -0.25) is 4.79 Å². The summed E-state index contributed by atoms with van der Waals surface area (Å²) in [5.41, 5.74) is 1.74. The van der Waals surface area contributed by atoms with E-state index in [0.29, 0.717) is 6.42 Å². The number of ketones is 1. The van der Waals surface area contributed by atoms with E-state index < -0.39 is 0 Å². The molecule has 0 aromatic carbocycles. The van der Waals surface area contributed by atoms with Crippen molar-refractivity contribution in [2.45, 2.75) is 41.0 Å². The Balaban J connectivity index is 2.49. The van der Waals surface area contributed by atoms with Crippen LogP contribution in [-0.2, 0) is 11.2 Å². The summed E-state index contributed by atoms with van der Waals surface area (Å²) in [6, 6.07) is 0. The molecule has 0 spiro atoms. The molecule has 96 valence electrons. The van der Waals surface area contributed by atoms with Crippen LogP contribution in [0.15, 0.2) is 6.33 Å². The molecule has 2 aromatic heterocycles. The quantitative estimate of drug-likeness (QED) is 0.832. The van der Waals surface area contributed by atoms with Crippen LogP contribution in [-0.4, -0.2) is 15.8 Å². The van der Waals surface area contributed by atoms with Gasteiger partial charge in [-0.25, -0.2) is 9.97 Å². The SMILES string of the molecule is Cc1sc2ncnc(CC(=O)C(C)(C)C)c2c1C. The molecule has 3 nitrogen and oxygen atoms in total. The van der Waals surface area contributed by atoms with Gasteiger partial charge in [0.05, 0.1) is 12.1 Å². The Morgan fingerprint density at radius 3 is 2.56 bits per heavy atom. The predicted octanol–water partition coefficient (Wildman–Crippen LogP) is 3.47. The highest BCUT2D eigenvalue weighted by molar-refractivity contribution is 7.18. The van der Waals surface area contributed by atoms with Crippen LogP contribution in [0.4, 0.5) is 0 Å². The first-order valence-electron chi connectivity index (χ1n) is 6.03. The van der Waals surface area contributed by atoms with Gasteiger partial charge in [0.2, 0.25) is 0 Å². The molecule has 0 N–H and O–H groups in total. The van der Waals surface area contributed by atoms with Gasteiger partial charge in [0.25, 0.3) is 0 Å². The summed E-state index contributed by atoms with van der Waals surface area (Å²) >= 11 is 1.67.